The Bertz CT molecular complexity index is 602. The summed E-state index contributed by atoms with van der Waals surface area (Å²) in [6.45, 7) is 0. The Labute approximate surface area is 110 Å². The third-order valence-corrected chi connectivity index (χ3v) is 2.65. The van der Waals surface area contributed by atoms with E-state index in [1.165, 1.54) is 12.1 Å². The molecular formula is C13H12BFN2O2. The van der Waals surface area contributed by atoms with Gasteiger partial charge in [-0.3, -0.25) is 15.5 Å². The highest BCUT2D eigenvalue weighted by molar-refractivity contribution is 6.32. The molecule has 0 radical (unpaired) electrons. The van der Waals surface area contributed by atoms with E-state index in [2.05, 4.69) is 5.32 Å². The van der Waals surface area contributed by atoms with E-state index in [0.717, 1.165) is 11.5 Å². The minimum absolute atomic E-state index is 0.139. The van der Waals surface area contributed by atoms with Crippen LogP contribution in [0.5, 0.6) is 0 Å². The number of anilines is 2. The van der Waals surface area contributed by atoms with Crippen molar-refractivity contribution in [2.45, 2.75) is 0 Å². The van der Waals surface area contributed by atoms with Crippen molar-refractivity contribution >= 4 is 30.6 Å². The summed E-state index contributed by atoms with van der Waals surface area (Å²) in [4.78, 5) is 11.9. The molecule has 0 aliphatic carbocycles. The van der Waals surface area contributed by atoms with E-state index in [0.29, 0.717) is 5.69 Å². The van der Waals surface area contributed by atoms with Crippen LogP contribution in [-0.2, 0) is 0 Å². The second kappa shape index (κ2) is 5.54. The van der Waals surface area contributed by atoms with E-state index in [1.54, 1.807) is 12.1 Å². The summed E-state index contributed by atoms with van der Waals surface area (Å²) < 4.78 is 13.6. The van der Waals surface area contributed by atoms with Gasteiger partial charge in [0.2, 0.25) is 0 Å². The Hall–Kier alpha value is -2.34. The van der Waals surface area contributed by atoms with Crippen molar-refractivity contribution < 1.29 is 14.4 Å². The smallest absolute Gasteiger partial charge is 0.258 e. The van der Waals surface area contributed by atoms with Crippen molar-refractivity contribution in [1.29, 1.82) is 0 Å². The molecular weight excluding hydrogens is 246 g/mol. The van der Waals surface area contributed by atoms with Crippen LogP contribution in [0.3, 0.4) is 0 Å². The lowest BCUT2D eigenvalue weighted by atomic mass is 9.96. The Morgan fingerprint density at radius 1 is 1.11 bits per heavy atom. The average molecular weight is 258 g/mol. The van der Waals surface area contributed by atoms with Gasteiger partial charge in [-0.25, -0.2) is 4.39 Å². The van der Waals surface area contributed by atoms with Crippen LogP contribution in [0, 0.1) is 5.82 Å². The Balaban J connectivity index is 2.22. The Morgan fingerprint density at radius 2 is 1.74 bits per heavy atom. The largest absolute Gasteiger partial charge is 0.322 e. The van der Waals surface area contributed by atoms with Gasteiger partial charge in [0.25, 0.3) is 5.91 Å². The maximum atomic E-state index is 13.6. The van der Waals surface area contributed by atoms with E-state index in [-0.39, 0.29) is 11.3 Å². The third-order valence-electron chi connectivity index (χ3n) is 2.65. The van der Waals surface area contributed by atoms with Crippen LogP contribution in [0.15, 0.2) is 42.5 Å². The molecule has 96 valence electrons. The zero-order valence-corrected chi connectivity index (χ0v) is 10.3. The molecule has 0 bridgehead atoms. The van der Waals surface area contributed by atoms with E-state index in [1.807, 2.05) is 25.5 Å². The second-order valence-corrected chi connectivity index (χ2v) is 4.13. The van der Waals surface area contributed by atoms with Crippen LogP contribution >= 0.6 is 0 Å². The number of amides is 1. The number of carbonyl (C=O) groups is 1. The fourth-order valence-corrected chi connectivity index (χ4v) is 1.60. The predicted molar refractivity (Wildman–Crippen MR) is 74.4 cm³/mol. The number of halogens is 1. The van der Waals surface area contributed by atoms with Gasteiger partial charge in [0.15, 0.2) is 0 Å². The molecule has 0 aromatic heterocycles. The molecule has 0 spiro atoms. The van der Waals surface area contributed by atoms with Gasteiger partial charge in [-0.1, -0.05) is 17.6 Å². The van der Waals surface area contributed by atoms with Crippen molar-refractivity contribution in [2.24, 2.45) is 0 Å². The summed E-state index contributed by atoms with van der Waals surface area (Å²) in [5, 5.41) is 11.3. The first-order valence-electron chi connectivity index (χ1n) is 5.68. The normalized spacial score (nSPS) is 10.0. The van der Waals surface area contributed by atoms with Gasteiger partial charge < -0.3 is 5.32 Å². The van der Waals surface area contributed by atoms with Crippen LogP contribution in [0.2, 0.25) is 0 Å². The van der Waals surface area contributed by atoms with Gasteiger partial charge in [-0.05, 0) is 30.3 Å². The van der Waals surface area contributed by atoms with E-state index < -0.39 is 11.7 Å². The average Bonchev–Trinajstić information content (AvgIpc) is 2.42. The van der Waals surface area contributed by atoms with E-state index in [4.69, 9.17) is 5.21 Å². The minimum Gasteiger partial charge on any atom is -0.322 e. The van der Waals surface area contributed by atoms with Crippen molar-refractivity contribution in [3.05, 3.63) is 53.8 Å². The summed E-state index contributed by atoms with van der Waals surface area (Å²) in [6, 6.07) is 10.8. The standard InChI is InChI=1S/C13H12BFN2O2/c14-8-1-3-9(4-2-8)16-13(18)11-7-10(17-19)5-6-12(11)15/h1-7,17,19H,14H2,(H,16,18). The lowest BCUT2D eigenvalue weighted by Crippen LogP contribution is -2.14. The fraction of sp³-hybridized carbons (Fsp3) is 0. The lowest BCUT2D eigenvalue weighted by molar-refractivity contribution is 0.102. The number of carbonyl (C=O) groups excluding carboxylic acids is 1. The molecule has 19 heavy (non-hydrogen) atoms. The highest BCUT2D eigenvalue weighted by atomic mass is 19.1. The molecule has 0 heterocycles. The second-order valence-electron chi connectivity index (χ2n) is 4.13. The highest BCUT2D eigenvalue weighted by Crippen LogP contribution is 2.16. The molecule has 3 N–H and O–H groups in total. The molecule has 0 saturated heterocycles. The molecule has 0 saturated carbocycles. The molecule has 0 atom stereocenters. The molecule has 6 heteroatoms. The number of hydrogen-bond acceptors (Lipinski definition) is 3. The number of nitrogens with one attached hydrogen (secondary N) is 2. The first kappa shape index (κ1) is 13.1. The Morgan fingerprint density at radius 3 is 2.37 bits per heavy atom. The number of rotatable bonds is 3. The van der Waals surface area contributed by atoms with Gasteiger partial charge in [0.1, 0.15) is 13.7 Å². The molecule has 1 amide bonds. The first-order valence-corrected chi connectivity index (χ1v) is 5.68. The monoisotopic (exact) mass is 258 g/mol. The zero-order chi connectivity index (χ0) is 13.8. The topological polar surface area (TPSA) is 61.4 Å². The van der Waals surface area contributed by atoms with E-state index >= 15 is 0 Å². The first-order chi connectivity index (χ1) is 9.10. The third kappa shape index (κ3) is 3.11. The lowest BCUT2D eigenvalue weighted by Gasteiger charge is -2.08. The summed E-state index contributed by atoms with van der Waals surface area (Å²) >= 11 is 0. The van der Waals surface area contributed by atoms with Crippen molar-refractivity contribution in [3.63, 3.8) is 0 Å². The maximum absolute atomic E-state index is 13.6. The molecule has 2 aromatic carbocycles. The van der Waals surface area contributed by atoms with Gasteiger partial charge in [-0.2, -0.15) is 0 Å². The van der Waals surface area contributed by atoms with Crippen LogP contribution in [-0.4, -0.2) is 19.0 Å². The van der Waals surface area contributed by atoms with E-state index in [9.17, 15) is 9.18 Å². The molecule has 0 unspecified atom stereocenters. The highest BCUT2D eigenvalue weighted by Gasteiger charge is 2.12. The molecule has 2 aromatic rings. The van der Waals surface area contributed by atoms with Gasteiger partial charge in [-0.15, -0.1) is 0 Å². The number of benzene rings is 2. The van der Waals surface area contributed by atoms with Crippen molar-refractivity contribution in [3.8, 4) is 0 Å². The quantitative estimate of drug-likeness (QED) is 0.571. The zero-order valence-electron chi connectivity index (χ0n) is 10.3. The van der Waals surface area contributed by atoms with Crippen molar-refractivity contribution in [2.75, 3.05) is 10.8 Å². The van der Waals surface area contributed by atoms with Gasteiger partial charge >= 0.3 is 0 Å². The number of hydrogen-bond donors (Lipinski definition) is 3. The van der Waals surface area contributed by atoms with Crippen LogP contribution < -0.4 is 16.3 Å². The predicted octanol–water partition coefficient (Wildman–Crippen LogP) is 1.14. The van der Waals surface area contributed by atoms with Crippen molar-refractivity contribution in [1.82, 2.24) is 0 Å². The Kier molecular flexibility index (Phi) is 3.82. The molecule has 2 rings (SSSR count). The van der Waals surface area contributed by atoms with Crippen LogP contribution in [0.1, 0.15) is 10.4 Å². The summed E-state index contributed by atoms with van der Waals surface area (Å²) in [5.74, 6) is -1.22. The van der Waals surface area contributed by atoms with Gasteiger partial charge in [0.05, 0.1) is 11.3 Å². The molecule has 4 nitrogen and oxygen atoms in total. The minimum atomic E-state index is -0.649. The van der Waals surface area contributed by atoms with Gasteiger partial charge in [0, 0.05) is 5.69 Å². The molecule has 0 fully saturated rings. The van der Waals surface area contributed by atoms with Crippen LogP contribution in [0.25, 0.3) is 0 Å². The maximum Gasteiger partial charge on any atom is 0.258 e. The summed E-state index contributed by atoms with van der Waals surface area (Å²) in [7, 11) is 1.93. The molecule has 0 aliphatic rings. The SMILES string of the molecule is Bc1ccc(NC(=O)c2cc(NO)ccc2F)cc1. The van der Waals surface area contributed by atoms with Crippen LogP contribution in [0.4, 0.5) is 15.8 Å². The summed E-state index contributed by atoms with van der Waals surface area (Å²) in [6.07, 6.45) is 0. The fourth-order valence-electron chi connectivity index (χ4n) is 1.60. The molecule has 0 aliphatic heterocycles. The summed E-state index contributed by atoms with van der Waals surface area (Å²) in [5.41, 5.74) is 3.63.